The number of hydrogen-bond acceptors (Lipinski definition) is 2. The standard InChI is InChI=1S/C13H14Cl2N2O2/c1-16-11(18)6-8-2-4-9(5-3-8)17-12(19)10-7-13(10,14)15/h2-5,10H,6-7H2,1H3,(H,16,18)(H,17,19). The molecule has 1 aliphatic rings. The van der Waals surface area contributed by atoms with Gasteiger partial charge in [0.15, 0.2) is 0 Å². The molecule has 1 saturated carbocycles. The predicted octanol–water partition coefficient (Wildman–Crippen LogP) is 2.11. The monoisotopic (exact) mass is 300 g/mol. The Hall–Kier alpha value is -1.26. The molecule has 1 atom stereocenters. The molecule has 0 aromatic heterocycles. The zero-order valence-corrected chi connectivity index (χ0v) is 11.9. The van der Waals surface area contributed by atoms with Crippen molar-refractivity contribution in [3.8, 4) is 0 Å². The molecular formula is C13H14Cl2N2O2. The van der Waals surface area contributed by atoms with Crippen molar-refractivity contribution < 1.29 is 9.59 Å². The molecule has 1 unspecified atom stereocenters. The lowest BCUT2D eigenvalue weighted by Gasteiger charge is -2.06. The van der Waals surface area contributed by atoms with Crippen molar-refractivity contribution >= 4 is 40.7 Å². The van der Waals surface area contributed by atoms with Gasteiger partial charge >= 0.3 is 0 Å². The van der Waals surface area contributed by atoms with Crippen molar-refractivity contribution in [1.82, 2.24) is 5.32 Å². The fourth-order valence-electron chi connectivity index (χ4n) is 1.71. The van der Waals surface area contributed by atoms with Gasteiger partial charge in [0, 0.05) is 12.7 Å². The van der Waals surface area contributed by atoms with Gasteiger partial charge in [-0.1, -0.05) is 12.1 Å². The first-order valence-electron chi connectivity index (χ1n) is 5.90. The summed E-state index contributed by atoms with van der Waals surface area (Å²) in [5, 5.41) is 5.30. The molecule has 0 heterocycles. The molecule has 0 radical (unpaired) electrons. The molecule has 0 bridgehead atoms. The average molecular weight is 301 g/mol. The van der Waals surface area contributed by atoms with Gasteiger partial charge in [-0.25, -0.2) is 0 Å². The van der Waals surface area contributed by atoms with Gasteiger partial charge in [-0.05, 0) is 24.1 Å². The smallest absolute Gasteiger partial charge is 0.230 e. The third kappa shape index (κ3) is 3.61. The normalized spacial score (nSPS) is 19.6. The van der Waals surface area contributed by atoms with Crippen molar-refractivity contribution in [3.05, 3.63) is 29.8 Å². The first-order valence-corrected chi connectivity index (χ1v) is 6.66. The van der Waals surface area contributed by atoms with Gasteiger partial charge in [0.05, 0.1) is 12.3 Å². The number of carbonyl (C=O) groups is 2. The molecule has 6 heteroatoms. The van der Waals surface area contributed by atoms with Gasteiger partial charge in [-0.2, -0.15) is 0 Å². The van der Waals surface area contributed by atoms with Crippen LogP contribution in [0.5, 0.6) is 0 Å². The molecule has 0 aliphatic heterocycles. The maximum atomic E-state index is 11.8. The van der Waals surface area contributed by atoms with Gasteiger partial charge in [-0.15, -0.1) is 23.2 Å². The van der Waals surface area contributed by atoms with E-state index in [9.17, 15) is 9.59 Å². The first-order chi connectivity index (χ1) is 8.92. The van der Waals surface area contributed by atoms with Crippen LogP contribution in [0, 0.1) is 5.92 Å². The lowest BCUT2D eigenvalue weighted by molar-refractivity contribution is -0.120. The van der Waals surface area contributed by atoms with Crippen LogP contribution >= 0.6 is 23.2 Å². The minimum atomic E-state index is -0.913. The fraction of sp³-hybridized carbons (Fsp3) is 0.385. The number of anilines is 1. The van der Waals surface area contributed by atoms with E-state index >= 15 is 0 Å². The lowest BCUT2D eigenvalue weighted by Crippen LogP contribution is -2.20. The Morgan fingerprint density at radius 2 is 1.89 bits per heavy atom. The summed E-state index contributed by atoms with van der Waals surface area (Å²) in [6, 6.07) is 7.10. The molecule has 19 heavy (non-hydrogen) atoms. The van der Waals surface area contributed by atoms with Crippen LogP contribution in [0.15, 0.2) is 24.3 Å². The molecule has 102 valence electrons. The largest absolute Gasteiger partial charge is 0.359 e. The Labute approximate surface area is 121 Å². The molecule has 1 aromatic carbocycles. The summed E-state index contributed by atoms with van der Waals surface area (Å²) >= 11 is 11.7. The third-order valence-electron chi connectivity index (χ3n) is 3.01. The molecule has 1 aliphatic carbocycles. The van der Waals surface area contributed by atoms with Crippen molar-refractivity contribution in [2.45, 2.75) is 17.2 Å². The highest BCUT2D eigenvalue weighted by Crippen LogP contribution is 2.53. The van der Waals surface area contributed by atoms with E-state index in [0.717, 1.165) is 5.56 Å². The van der Waals surface area contributed by atoms with Crippen LogP contribution in [-0.2, 0) is 16.0 Å². The SMILES string of the molecule is CNC(=O)Cc1ccc(NC(=O)C2CC2(Cl)Cl)cc1. The predicted molar refractivity (Wildman–Crippen MR) is 75.4 cm³/mol. The van der Waals surface area contributed by atoms with Gasteiger partial charge < -0.3 is 10.6 Å². The number of amides is 2. The number of halogens is 2. The quantitative estimate of drug-likeness (QED) is 0.837. The lowest BCUT2D eigenvalue weighted by atomic mass is 10.1. The van der Waals surface area contributed by atoms with Crippen LogP contribution in [0.1, 0.15) is 12.0 Å². The second kappa shape index (κ2) is 5.39. The second-order valence-electron chi connectivity index (χ2n) is 4.55. The van der Waals surface area contributed by atoms with Crippen LogP contribution in [0.4, 0.5) is 5.69 Å². The second-order valence-corrected chi connectivity index (χ2v) is 6.10. The van der Waals surface area contributed by atoms with E-state index < -0.39 is 4.33 Å². The number of hydrogen-bond donors (Lipinski definition) is 2. The molecule has 0 spiro atoms. The Balaban J connectivity index is 1.92. The molecule has 2 N–H and O–H groups in total. The van der Waals surface area contributed by atoms with Crippen LogP contribution < -0.4 is 10.6 Å². The Morgan fingerprint density at radius 1 is 1.32 bits per heavy atom. The van der Waals surface area contributed by atoms with Crippen LogP contribution in [0.25, 0.3) is 0 Å². The maximum absolute atomic E-state index is 11.8. The molecule has 2 rings (SSSR count). The third-order valence-corrected chi connectivity index (χ3v) is 3.84. The Kier molecular flexibility index (Phi) is 4.02. The highest BCUT2D eigenvalue weighted by atomic mass is 35.5. The summed E-state index contributed by atoms with van der Waals surface area (Å²) in [4.78, 5) is 23.0. The molecular weight excluding hydrogens is 287 g/mol. The summed E-state index contributed by atoms with van der Waals surface area (Å²) in [6.07, 6.45) is 0.802. The van der Waals surface area contributed by atoms with E-state index in [2.05, 4.69) is 10.6 Å². The van der Waals surface area contributed by atoms with Gasteiger partial charge in [-0.3, -0.25) is 9.59 Å². The van der Waals surface area contributed by atoms with Crippen molar-refractivity contribution in [1.29, 1.82) is 0 Å². The van der Waals surface area contributed by atoms with Crippen LogP contribution in [0.2, 0.25) is 0 Å². The topological polar surface area (TPSA) is 58.2 Å². The number of nitrogens with one attached hydrogen (secondary N) is 2. The average Bonchev–Trinajstić information content (AvgIpc) is 3.01. The summed E-state index contributed by atoms with van der Waals surface area (Å²) in [7, 11) is 1.59. The molecule has 2 amide bonds. The Morgan fingerprint density at radius 3 is 2.37 bits per heavy atom. The number of benzene rings is 1. The molecule has 1 aromatic rings. The van der Waals surface area contributed by atoms with E-state index in [1.54, 1.807) is 31.3 Å². The summed E-state index contributed by atoms with van der Waals surface area (Å²) in [6.45, 7) is 0. The van der Waals surface area contributed by atoms with Crippen LogP contribution in [-0.4, -0.2) is 23.2 Å². The first kappa shape index (κ1) is 14.2. The van der Waals surface area contributed by atoms with E-state index in [-0.39, 0.29) is 17.7 Å². The van der Waals surface area contributed by atoms with Crippen molar-refractivity contribution in [2.75, 3.05) is 12.4 Å². The van der Waals surface area contributed by atoms with E-state index in [1.165, 1.54) is 0 Å². The minimum Gasteiger partial charge on any atom is -0.359 e. The fourth-order valence-corrected chi connectivity index (χ4v) is 2.21. The number of carbonyl (C=O) groups excluding carboxylic acids is 2. The molecule has 4 nitrogen and oxygen atoms in total. The van der Waals surface area contributed by atoms with Crippen LogP contribution in [0.3, 0.4) is 0 Å². The van der Waals surface area contributed by atoms with Crippen molar-refractivity contribution in [3.63, 3.8) is 0 Å². The van der Waals surface area contributed by atoms with E-state index in [4.69, 9.17) is 23.2 Å². The summed E-state index contributed by atoms with van der Waals surface area (Å²) < 4.78 is -0.913. The summed E-state index contributed by atoms with van der Waals surface area (Å²) in [5.41, 5.74) is 1.55. The van der Waals surface area contributed by atoms with Gasteiger partial charge in [0.25, 0.3) is 0 Å². The number of alkyl halides is 2. The van der Waals surface area contributed by atoms with E-state index in [0.29, 0.717) is 18.5 Å². The zero-order chi connectivity index (χ0) is 14.0. The number of rotatable bonds is 4. The van der Waals surface area contributed by atoms with Gasteiger partial charge in [0.1, 0.15) is 4.33 Å². The minimum absolute atomic E-state index is 0.0520. The molecule has 0 saturated heterocycles. The number of likely N-dealkylation sites (N-methyl/N-ethyl adjacent to an activating group) is 1. The van der Waals surface area contributed by atoms with Crippen molar-refractivity contribution in [2.24, 2.45) is 5.92 Å². The zero-order valence-electron chi connectivity index (χ0n) is 10.4. The summed E-state index contributed by atoms with van der Waals surface area (Å²) in [5.74, 6) is -0.575. The molecule has 1 fully saturated rings. The Bertz CT molecular complexity index is 500. The highest BCUT2D eigenvalue weighted by molar-refractivity contribution is 6.52. The maximum Gasteiger partial charge on any atom is 0.230 e. The van der Waals surface area contributed by atoms with Gasteiger partial charge in [0.2, 0.25) is 11.8 Å². The van der Waals surface area contributed by atoms with E-state index in [1.807, 2.05) is 0 Å². The highest BCUT2D eigenvalue weighted by Gasteiger charge is 2.56.